The van der Waals surface area contributed by atoms with Gasteiger partial charge in [0.2, 0.25) is 0 Å². The van der Waals surface area contributed by atoms with Gasteiger partial charge in [-0.1, -0.05) is 0 Å². The van der Waals surface area contributed by atoms with Crippen molar-refractivity contribution in [3.63, 3.8) is 0 Å². The van der Waals surface area contributed by atoms with Gasteiger partial charge in [-0.2, -0.15) is 13.2 Å². The zero-order valence-corrected chi connectivity index (χ0v) is 14.4. The van der Waals surface area contributed by atoms with E-state index < -0.39 is 29.3 Å². The van der Waals surface area contributed by atoms with Gasteiger partial charge in [0, 0.05) is 26.2 Å². The van der Waals surface area contributed by atoms with Gasteiger partial charge >= 0.3 is 6.18 Å². The average Bonchev–Trinajstić information content (AvgIpc) is 2.39. The molecule has 1 aromatic carbocycles. The van der Waals surface area contributed by atoms with E-state index in [0.29, 0.717) is 13.1 Å². The van der Waals surface area contributed by atoms with Gasteiger partial charge in [0.1, 0.15) is 17.6 Å². The highest BCUT2D eigenvalue weighted by atomic mass is 79.9. The fourth-order valence-corrected chi connectivity index (χ4v) is 2.66. The molecular formula is C12H15BrCl2F4N2O. The average molecular weight is 430 g/mol. The van der Waals surface area contributed by atoms with E-state index in [4.69, 9.17) is 0 Å². The number of hydrogen-bond acceptors (Lipinski definition) is 3. The Morgan fingerprint density at radius 3 is 2.23 bits per heavy atom. The van der Waals surface area contributed by atoms with Gasteiger partial charge < -0.3 is 10.4 Å². The Bertz CT molecular complexity index is 499. The fraction of sp³-hybridized carbons (Fsp3) is 0.500. The third kappa shape index (κ3) is 4.61. The van der Waals surface area contributed by atoms with Gasteiger partial charge in [-0.05, 0) is 28.1 Å². The second kappa shape index (κ2) is 8.54. The number of alkyl halides is 3. The number of benzene rings is 1. The largest absolute Gasteiger partial charge is 0.506 e. The number of piperazine rings is 1. The fourth-order valence-electron chi connectivity index (χ4n) is 2.31. The molecule has 0 radical (unpaired) electrons. The minimum atomic E-state index is -4.67. The number of nitrogens with one attached hydrogen (secondary N) is 1. The van der Waals surface area contributed by atoms with Crippen LogP contribution in [0.4, 0.5) is 17.6 Å². The van der Waals surface area contributed by atoms with E-state index in [9.17, 15) is 22.7 Å². The molecule has 1 aromatic rings. The van der Waals surface area contributed by atoms with Crippen molar-refractivity contribution >= 4 is 40.7 Å². The van der Waals surface area contributed by atoms with Crippen LogP contribution in [0.15, 0.2) is 16.6 Å². The summed E-state index contributed by atoms with van der Waals surface area (Å²) in [5.74, 6) is -1.77. The number of rotatable bonds is 2. The molecule has 0 aliphatic carbocycles. The van der Waals surface area contributed by atoms with Crippen molar-refractivity contribution in [2.75, 3.05) is 26.2 Å². The lowest BCUT2D eigenvalue weighted by Crippen LogP contribution is -2.49. The zero-order chi connectivity index (χ0) is 14.9. The molecule has 1 aliphatic rings. The van der Waals surface area contributed by atoms with Crippen molar-refractivity contribution in [3.8, 4) is 5.75 Å². The number of aromatic hydroxyl groups is 1. The summed E-state index contributed by atoms with van der Waals surface area (Å²) in [5, 5.41) is 12.8. The molecule has 1 saturated heterocycles. The summed E-state index contributed by atoms with van der Waals surface area (Å²) in [5.41, 5.74) is -0.728. The standard InChI is InChI=1S/C12H13BrF4N2O.2ClH/c13-7-1-2-8(14)9(10(7)20)11(12(15,16)17)19-5-3-18-4-6-19;;/h1-2,11,18,20H,3-6H2;2*1H/t11-;;/m1../s1. The van der Waals surface area contributed by atoms with Gasteiger partial charge in [-0.3, -0.25) is 4.90 Å². The summed E-state index contributed by atoms with van der Waals surface area (Å²) in [4.78, 5) is 1.13. The molecule has 0 unspecified atom stereocenters. The van der Waals surface area contributed by atoms with Crippen LogP contribution in [0, 0.1) is 5.82 Å². The summed E-state index contributed by atoms with van der Waals surface area (Å²) in [7, 11) is 0. The monoisotopic (exact) mass is 428 g/mol. The molecule has 1 fully saturated rings. The molecule has 0 aromatic heterocycles. The number of hydrogen-bond donors (Lipinski definition) is 2. The molecule has 0 spiro atoms. The molecule has 0 amide bonds. The molecule has 0 saturated carbocycles. The van der Waals surface area contributed by atoms with Crippen LogP contribution < -0.4 is 5.32 Å². The predicted molar refractivity (Wildman–Crippen MR) is 83.5 cm³/mol. The van der Waals surface area contributed by atoms with Gasteiger partial charge in [0.05, 0.1) is 10.0 Å². The lowest BCUT2D eigenvalue weighted by molar-refractivity contribution is -0.189. The van der Waals surface area contributed by atoms with Gasteiger partial charge in [0.15, 0.2) is 0 Å². The van der Waals surface area contributed by atoms with E-state index in [2.05, 4.69) is 21.2 Å². The first kappa shape index (κ1) is 21.7. The Hall–Kier alpha value is -0.280. The Kier molecular flexibility index (Phi) is 8.43. The van der Waals surface area contributed by atoms with Crippen molar-refractivity contribution in [1.29, 1.82) is 0 Å². The Morgan fingerprint density at radius 2 is 1.73 bits per heavy atom. The Labute approximate surface area is 146 Å². The van der Waals surface area contributed by atoms with Crippen LogP contribution in [0.3, 0.4) is 0 Å². The Balaban J connectivity index is 0.00000220. The molecule has 128 valence electrons. The van der Waals surface area contributed by atoms with E-state index in [0.717, 1.165) is 11.0 Å². The summed E-state index contributed by atoms with van der Waals surface area (Å²) in [6.07, 6.45) is -4.67. The smallest absolute Gasteiger partial charge is 0.408 e. The van der Waals surface area contributed by atoms with E-state index in [1.54, 1.807) is 0 Å². The van der Waals surface area contributed by atoms with Crippen molar-refractivity contribution in [1.82, 2.24) is 10.2 Å². The summed E-state index contributed by atoms with van der Waals surface area (Å²) >= 11 is 2.92. The van der Waals surface area contributed by atoms with Gasteiger partial charge in [-0.25, -0.2) is 4.39 Å². The van der Waals surface area contributed by atoms with Crippen molar-refractivity contribution in [2.24, 2.45) is 0 Å². The summed E-state index contributed by atoms with van der Waals surface area (Å²) in [6.45, 7) is 1.05. The van der Waals surface area contributed by atoms with Crippen LogP contribution in [0.2, 0.25) is 0 Å². The summed E-state index contributed by atoms with van der Waals surface area (Å²) in [6, 6.07) is -0.0542. The van der Waals surface area contributed by atoms with Crippen LogP contribution in [0.1, 0.15) is 11.6 Å². The third-order valence-electron chi connectivity index (χ3n) is 3.21. The lowest BCUT2D eigenvalue weighted by Gasteiger charge is -2.36. The van der Waals surface area contributed by atoms with Crippen LogP contribution in [-0.4, -0.2) is 42.4 Å². The van der Waals surface area contributed by atoms with Crippen molar-refractivity contribution in [2.45, 2.75) is 12.2 Å². The molecule has 1 atom stereocenters. The molecule has 10 heteroatoms. The number of phenols is 1. The molecule has 1 heterocycles. The van der Waals surface area contributed by atoms with Crippen LogP contribution >= 0.6 is 40.7 Å². The maximum absolute atomic E-state index is 13.8. The molecule has 2 N–H and O–H groups in total. The van der Waals surface area contributed by atoms with Crippen LogP contribution in [0.5, 0.6) is 5.75 Å². The highest BCUT2D eigenvalue weighted by Gasteiger charge is 2.47. The maximum atomic E-state index is 13.8. The molecule has 22 heavy (non-hydrogen) atoms. The van der Waals surface area contributed by atoms with Crippen molar-refractivity contribution in [3.05, 3.63) is 28.0 Å². The van der Waals surface area contributed by atoms with Crippen LogP contribution in [0.25, 0.3) is 0 Å². The van der Waals surface area contributed by atoms with Gasteiger partial charge in [0.25, 0.3) is 0 Å². The normalized spacial score (nSPS) is 17.3. The van der Waals surface area contributed by atoms with E-state index in [-0.39, 0.29) is 42.4 Å². The highest BCUT2D eigenvalue weighted by Crippen LogP contribution is 2.44. The Morgan fingerprint density at radius 1 is 1.18 bits per heavy atom. The van der Waals surface area contributed by atoms with E-state index >= 15 is 0 Å². The zero-order valence-electron chi connectivity index (χ0n) is 11.2. The maximum Gasteiger partial charge on any atom is 0.408 e. The number of phenolic OH excluding ortho intramolecular Hbond substituents is 1. The molecule has 1 aliphatic heterocycles. The van der Waals surface area contributed by atoms with E-state index in [1.807, 2.05) is 0 Å². The number of halogens is 7. The quantitative estimate of drug-likeness (QED) is 0.704. The lowest BCUT2D eigenvalue weighted by atomic mass is 10.0. The minimum absolute atomic E-state index is 0. The first-order valence-electron chi connectivity index (χ1n) is 6.00. The number of nitrogens with zero attached hydrogens (tertiary/aromatic N) is 1. The second-order valence-corrected chi connectivity index (χ2v) is 5.38. The molecule has 2 rings (SSSR count). The molecule has 3 nitrogen and oxygen atoms in total. The minimum Gasteiger partial charge on any atom is -0.506 e. The topological polar surface area (TPSA) is 35.5 Å². The summed E-state index contributed by atoms with van der Waals surface area (Å²) < 4.78 is 53.9. The third-order valence-corrected chi connectivity index (χ3v) is 3.85. The highest BCUT2D eigenvalue weighted by molar-refractivity contribution is 9.10. The van der Waals surface area contributed by atoms with Crippen LogP contribution in [-0.2, 0) is 0 Å². The van der Waals surface area contributed by atoms with Gasteiger partial charge in [-0.15, -0.1) is 24.8 Å². The second-order valence-electron chi connectivity index (χ2n) is 4.52. The molecule has 0 bridgehead atoms. The molecular weight excluding hydrogens is 415 g/mol. The first-order chi connectivity index (χ1) is 9.32. The SMILES string of the molecule is Cl.Cl.Oc1c(Br)ccc(F)c1[C@@H](N1CCNCC1)C(F)(F)F. The van der Waals surface area contributed by atoms with E-state index in [1.165, 1.54) is 6.07 Å². The van der Waals surface area contributed by atoms with Crippen molar-refractivity contribution < 1.29 is 22.7 Å². The predicted octanol–water partition coefficient (Wildman–Crippen LogP) is 3.65. The first-order valence-corrected chi connectivity index (χ1v) is 6.80.